The van der Waals surface area contributed by atoms with Gasteiger partial charge in [-0.2, -0.15) is 17.0 Å². The van der Waals surface area contributed by atoms with Crippen molar-refractivity contribution in [3.63, 3.8) is 0 Å². The molecule has 1 aromatic rings. The van der Waals surface area contributed by atoms with Crippen molar-refractivity contribution in [2.45, 2.75) is 43.9 Å². The molecule has 2 rings (SSSR count). The van der Waals surface area contributed by atoms with E-state index in [4.69, 9.17) is 5.26 Å². The minimum atomic E-state index is -0.0554. The van der Waals surface area contributed by atoms with Crippen molar-refractivity contribution in [2.24, 2.45) is 0 Å². The van der Waals surface area contributed by atoms with Gasteiger partial charge in [-0.1, -0.05) is 19.1 Å². The molecule has 0 spiro atoms. The molecule has 1 aliphatic carbocycles. The lowest BCUT2D eigenvalue weighted by Crippen LogP contribution is -2.38. The van der Waals surface area contributed by atoms with Crippen LogP contribution in [0.3, 0.4) is 0 Å². The second kappa shape index (κ2) is 8.09. The number of hydrogen-bond acceptors (Lipinski definition) is 3. The lowest BCUT2D eigenvalue weighted by Gasteiger charge is -2.25. The van der Waals surface area contributed by atoms with E-state index in [2.05, 4.69) is 18.3 Å². The van der Waals surface area contributed by atoms with Gasteiger partial charge in [0.25, 0.3) is 0 Å². The topological polar surface area (TPSA) is 56.1 Å². The third-order valence-electron chi connectivity index (χ3n) is 4.12. The average molecular weight is 317 g/mol. The number of benzene rings is 1. The highest BCUT2D eigenvalue weighted by atomic mass is 32.2. The first-order valence-corrected chi connectivity index (χ1v) is 8.80. The average Bonchev–Trinajstić information content (AvgIpc) is 2.98. The molecule has 1 N–H and O–H groups in total. The maximum atomic E-state index is 12.3. The van der Waals surface area contributed by atoms with Crippen LogP contribution in [-0.2, 0) is 6.42 Å². The number of anilines is 1. The molecule has 118 valence electrons. The van der Waals surface area contributed by atoms with Gasteiger partial charge in [-0.05, 0) is 42.7 Å². The zero-order valence-corrected chi connectivity index (χ0v) is 14.0. The minimum Gasteiger partial charge on any atom is -0.325 e. The molecule has 22 heavy (non-hydrogen) atoms. The molecular weight excluding hydrogens is 294 g/mol. The SMILES string of the molecule is CCS[C@H]1CC[C@@H](N(C)C(=O)Nc2ccc(CC#N)cc2)C1. The normalized spacial score (nSPS) is 20.4. The Morgan fingerprint density at radius 2 is 2.14 bits per heavy atom. The van der Waals surface area contributed by atoms with Crippen LogP contribution >= 0.6 is 11.8 Å². The molecule has 0 aromatic heterocycles. The summed E-state index contributed by atoms with van der Waals surface area (Å²) in [5.74, 6) is 1.14. The Balaban J connectivity index is 1.87. The van der Waals surface area contributed by atoms with Crippen LogP contribution in [0.2, 0.25) is 0 Å². The summed E-state index contributed by atoms with van der Waals surface area (Å²) in [5, 5.41) is 12.3. The van der Waals surface area contributed by atoms with Crippen LogP contribution in [0.1, 0.15) is 31.7 Å². The fourth-order valence-corrected chi connectivity index (χ4v) is 3.96. The van der Waals surface area contributed by atoms with Crippen molar-refractivity contribution in [1.29, 1.82) is 5.26 Å². The highest BCUT2D eigenvalue weighted by molar-refractivity contribution is 7.99. The molecule has 1 fully saturated rings. The first-order chi connectivity index (χ1) is 10.6. The van der Waals surface area contributed by atoms with Crippen LogP contribution in [0.5, 0.6) is 0 Å². The van der Waals surface area contributed by atoms with Gasteiger partial charge >= 0.3 is 6.03 Å². The number of amides is 2. The zero-order chi connectivity index (χ0) is 15.9. The number of carbonyl (C=O) groups excluding carboxylic acids is 1. The monoisotopic (exact) mass is 317 g/mol. The standard InChI is InChI=1S/C17H23N3OS/c1-3-22-16-9-8-15(12-16)20(2)17(21)19-14-6-4-13(5-7-14)10-11-18/h4-7,15-16H,3,8-10,12H2,1-2H3,(H,19,21)/t15-,16+/m1/s1. The van der Waals surface area contributed by atoms with Gasteiger partial charge in [0.2, 0.25) is 0 Å². The van der Waals surface area contributed by atoms with Gasteiger partial charge < -0.3 is 10.2 Å². The number of urea groups is 1. The summed E-state index contributed by atoms with van der Waals surface area (Å²) < 4.78 is 0. The molecular formula is C17H23N3OS. The van der Waals surface area contributed by atoms with Gasteiger partial charge in [-0.25, -0.2) is 4.79 Å². The van der Waals surface area contributed by atoms with Crippen molar-refractivity contribution >= 4 is 23.5 Å². The largest absolute Gasteiger partial charge is 0.325 e. The molecule has 1 aliphatic rings. The second-order valence-electron chi connectivity index (χ2n) is 5.62. The van der Waals surface area contributed by atoms with E-state index in [1.807, 2.05) is 48.0 Å². The van der Waals surface area contributed by atoms with Crippen LogP contribution in [-0.4, -0.2) is 35.0 Å². The highest BCUT2D eigenvalue weighted by Crippen LogP contribution is 2.32. The number of hydrogen-bond donors (Lipinski definition) is 1. The van der Waals surface area contributed by atoms with Crippen molar-refractivity contribution < 1.29 is 4.79 Å². The summed E-state index contributed by atoms with van der Waals surface area (Å²) in [6.07, 6.45) is 3.77. The fraction of sp³-hybridized carbons (Fsp3) is 0.529. The Hall–Kier alpha value is -1.67. The third kappa shape index (κ3) is 4.41. The Bertz CT molecular complexity index is 538. The molecule has 0 bridgehead atoms. The summed E-state index contributed by atoms with van der Waals surface area (Å²) in [5.41, 5.74) is 1.74. The van der Waals surface area contributed by atoms with E-state index in [0.29, 0.717) is 17.7 Å². The van der Waals surface area contributed by atoms with E-state index in [-0.39, 0.29) is 6.03 Å². The smallest absolute Gasteiger partial charge is 0.321 e. The maximum absolute atomic E-state index is 12.3. The van der Waals surface area contributed by atoms with E-state index < -0.39 is 0 Å². The molecule has 2 amide bonds. The van der Waals surface area contributed by atoms with E-state index >= 15 is 0 Å². The molecule has 1 saturated carbocycles. The number of nitriles is 1. The molecule has 0 heterocycles. The van der Waals surface area contributed by atoms with E-state index in [1.54, 1.807) is 0 Å². The van der Waals surface area contributed by atoms with Crippen LogP contribution in [0.4, 0.5) is 10.5 Å². The molecule has 0 aliphatic heterocycles. The molecule has 0 unspecified atom stereocenters. The van der Waals surface area contributed by atoms with Gasteiger partial charge in [-0.3, -0.25) is 0 Å². The zero-order valence-electron chi connectivity index (χ0n) is 13.2. The van der Waals surface area contributed by atoms with Crippen molar-refractivity contribution in [2.75, 3.05) is 18.1 Å². The summed E-state index contributed by atoms with van der Waals surface area (Å²) in [6.45, 7) is 2.18. The van der Waals surface area contributed by atoms with Crippen LogP contribution in [0, 0.1) is 11.3 Å². The quantitative estimate of drug-likeness (QED) is 0.896. The van der Waals surface area contributed by atoms with E-state index in [1.165, 1.54) is 6.42 Å². The Labute approximate surface area is 136 Å². The molecule has 0 saturated heterocycles. The second-order valence-corrected chi connectivity index (χ2v) is 7.19. The molecule has 2 atom stereocenters. The van der Waals surface area contributed by atoms with Gasteiger partial charge in [0.15, 0.2) is 0 Å². The lowest BCUT2D eigenvalue weighted by molar-refractivity contribution is 0.205. The first kappa shape index (κ1) is 16.7. The third-order valence-corrected chi connectivity index (χ3v) is 5.35. The lowest BCUT2D eigenvalue weighted by atomic mass is 10.1. The van der Waals surface area contributed by atoms with Gasteiger partial charge in [-0.15, -0.1) is 0 Å². The Morgan fingerprint density at radius 1 is 1.41 bits per heavy atom. The molecule has 0 radical (unpaired) electrons. The van der Waals surface area contributed by atoms with Gasteiger partial charge in [0.05, 0.1) is 12.5 Å². The summed E-state index contributed by atoms with van der Waals surface area (Å²) in [7, 11) is 1.88. The number of nitrogens with one attached hydrogen (secondary N) is 1. The van der Waals surface area contributed by atoms with Crippen molar-refractivity contribution in [1.82, 2.24) is 4.90 Å². The number of rotatable bonds is 5. The maximum Gasteiger partial charge on any atom is 0.321 e. The molecule has 1 aromatic carbocycles. The number of carbonyl (C=O) groups is 1. The van der Waals surface area contributed by atoms with Gasteiger partial charge in [0, 0.05) is 24.0 Å². The molecule has 5 heteroatoms. The summed E-state index contributed by atoms with van der Waals surface area (Å²) in [4.78, 5) is 14.2. The van der Waals surface area contributed by atoms with E-state index in [9.17, 15) is 4.79 Å². The van der Waals surface area contributed by atoms with E-state index in [0.717, 1.165) is 29.8 Å². The van der Waals surface area contributed by atoms with Crippen molar-refractivity contribution in [3.05, 3.63) is 29.8 Å². The number of thioether (sulfide) groups is 1. The van der Waals surface area contributed by atoms with Crippen LogP contribution < -0.4 is 5.32 Å². The summed E-state index contributed by atoms with van der Waals surface area (Å²) >= 11 is 2.00. The van der Waals surface area contributed by atoms with Crippen molar-refractivity contribution in [3.8, 4) is 6.07 Å². The predicted octanol–water partition coefficient (Wildman–Crippen LogP) is 3.89. The predicted molar refractivity (Wildman–Crippen MR) is 92.1 cm³/mol. The highest BCUT2D eigenvalue weighted by Gasteiger charge is 2.29. The first-order valence-electron chi connectivity index (χ1n) is 7.75. The molecule has 4 nitrogen and oxygen atoms in total. The van der Waals surface area contributed by atoms with Gasteiger partial charge in [0.1, 0.15) is 0 Å². The minimum absolute atomic E-state index is 0.0554. The van der Waals surface area contributed by atoms with Crippen LogP contribution in [0.15, 0.2) is 24.3 Å². The Morgan fingerprint density at radius 3 is 2.77 bits per heavy atom. The summed E-state index contributed by atoms with van der Waals surface area (Å²) in [6, 6.07) is 9.85. The van der Waals surface area contributed by atoms with Crippen LogP contribution in [0.25, 0.3) is 0 Å². The number of nitrogens with zero attached hydrogens (tertiary/aromatic N) is 2. The fourth-order valence-electron chi connectivity index (χ4n) is 2.83. The Kier molecular flexibility index (Phi) is 6.14.